The van der Waals surface area contributed by atoms with Crippen molar-refractivity contribution < 1.29 is 14.6 Å². The number of benzene rings is 1. The fraction of sp³-hybridized carbons (Fsp3) is 0.154. The Morgan fingerprint density at radius 1 is 1.21 bits per heavy atom. The number of aromatic nitrogens is 2. The van der Waals surface area contributed by atoms with Crippen LogP contribution in [-0.2, 0) is 0 Å². The maximum absolute atomic E-state index is 10.6. The molecule has 1 aromatic carbocycles. The Balaban J connectivity index is 2.16. The smallest absolute Gasteiger partial charge is 0.356 e. The van der Waals surface area contributed by atoms with Crippen molar-refractivity contribution in [2.24, 2.45) is 0 Å². The van der Waals surface area contributed by atoms with Gasteiger partial charge in [-0.15, -0.1) is 10.2 Å². The fourth-order valence-electron chi connectivity index (χ4n) is 1.43. The minimum absolute atomic E-state index is 0.116. The molecule has 1 heterocycles. The van der Waals surface area contributed by atoms with Crippen LogP contribution >= 0.6 is 0 Å². The Hall–Kier alpha value is -2.63. The number of aromatic carboxylic acids is 1. The van der Waals surface area contributed by atoms with Gasteiger partial charge in [-0.1, -0.05) is 6.07 Å². The molecule has 0 saturated heterocycles. The van der Waals surface area contributed by atoms with Gasteiger partial charge in [-0.05, 0) is 18.2 Å². The van der Waals surface area contributed by atoms with Crippen LogP contribution in [0.3, 0.4) is 0 Å². The number of carbonyl (C=O) groups is 1. The van der Waals surface area contributed by atoms with Gasteiger partial charge in [0.05, 0.1) is 0 Å². The maximum Gasteiger partial charge on any atom is 0.356 e. The van der Waals surface area contributed by atoms with Crippen molar-refractivity contribution in [3.8, 4) is 11.6 Å². The monoisotopic (exact) mass is 259 g/mol. The molecule has 0 aliphatic rings. The van der Waals surface area contributed by atoms with Crippen LogP contribution in [0, 0.1) is 0 Å². The average molecular weight is 259 g/mol. The van der Waals surface area contributed by atoms with E-state index in [0.29, 0.717) is 5.75 Å². The lowest BCUT2D eigenvalue weighted by Crippen LogP contribution is -2.08. The van der Waals surface area contributed by atoms with Crippen LogP contribution < -0.4 is 9.64 Å². The Morgan fingerprint density at radius 2 is 2.00 bits per heavy atom. The third kappa shape index (κ3) is 3.19. The van der Waals surface area contributed by atoms with E-state index in [1.54, 1.807) is 6.07 Å². The quantitative estimate of drug-likeness (QED) is 0.905. The molecule has 6 heteroatoms. The summed E-state index contributed by atoms with van der Waals surface area (Å²) >= 11 is 0. The minimum atomic E-state index is -1.12. The molecule has 0 amide bonds. The summed E-state index contributed by atoms with van der Waals surface area (Å²) in [5, 5.41) is 16.0. The Bertz CT molecular complexity index is 582. The maximum atomic E-state index is 10.6. The van der Waals surface area contributed by atoms with E-state index >= 15 is 0 Å². The van der Waals surface area contributed by atoms with Crippen LogP contribution in [0.1, 0.15) is 10.5 Å². The second-order valence-corrected chi connectivity index (χ2v) is 4.06. The largest absolute Gasteiger partial charge is 0.476 e. The predicted molar refractivity (Wildman–Crippen MR) is 69.8 cm³/mol. The van der Waals surface area contributed by atoms with Gasteiger partial charge in [0.2, 0.25) is 5.88 Å². The Kier molecular flexibility index (Phi) is 3.61. The molecular formula is C13H13N3O3. The molecule has 1 aromatic heterocycles. The van der Waals surface area contributed by atoms with Gasteiger partial charge in [-0.25, -0.2) is 4.79 Å². The molecule has 0 bridgehead atoms. The molecule has 6 nitrogen and oxygen atoms in total. The van der Waals surface area contributed by atoms with Gasteiger partial charge in [0.25, 0.3) is 0 Å². The molecule has 98 valence electrons. The first-order chi connectivity index (χ1) is 9.06. The second kappa shape index (κ2) is 5.34. The number of anilines is 1. The fourth-order valence-corrected chi connectivity index (χ4v) is 1.43. The molecule has 2 aromatic rings. The standard InChI is InChI=1S/C13H13N3O3/c1-16(2)9-4-3-5-10(8-9)19-12-7-6-11(13(17)18)14-15-12/h3-8H,1-2H3,(H,17,18). The van der Waals surface area contributed by atoms with Gasteiger partial charge in [0, 0.05) is 31.9 Å². The number of carboxylic acid groups (broad SMARTS) is 1. The summed E-state index contributed by atoms with van der Waals surface area (Å²) in [7, 11) is 3.86. The number of hydrogen-bond donors (Lipinski definition) is 1. The molecule has 0 fully saturated rings. The zero-order valence-electron chi connectivity index (χ0n) is 10.6. The number of ether oxygens (including phenoxy) is 1. The van der Waals surface area contributed by atoms with E-state index in [-0.39, 0.29) is 11.6 Å². The van der Waals surface area contributed by atoms with Gasteiger partial charge < -0.3 is 14.7 Å². The Morgan fingerprint density at radius 3 is 2.58 bits per heavy atom. The third-order valence-corrected chi connectivity index (χ3v) is 2.42. The van der Waals surface area contributed by atoms with Gasteiger partial charge in [0.1, 0.15) is 5.75 Å². The van der Waals surface area contributed by atoms with Crippen LogP contribution in [0.25, 0.3) is 0 Å². The topological polar surface area (TPSA) is 75.5 Å². The first-order valence-corrected chi connectivity index (χ1v) is 5.58. The molecule has 0 atom stereocenters. The summed E-state index contributed by atoms with van der Waals surface area (Å²) in [6.45, 7) is 0. The van der Waals surface area contributed by atoms with Crippen LogP contribution in [0.5, 0.6) is 11.6 Å². The van der Waals surface area contributed by atoms with E-state index in [1.165, 1.54) is 12.1 Å². The molecule has 0 aliphatic carbocycles. The van der Waals surface area contributed by atoms with E-state index in [0.717, 1.165) is 5.69 Å². The Labute approximate surface area is 110 Å². The normalized spacial score (nSPS) is 10.0. The lowest BCUT2D eigenvalue weighted by atomic mass is 10.3. The summed E-state index contributed by atoms with van der Waals surface area (Å²) in [4.78, 5) is 12.6. The summed E-state index contributed by atoms with van der Waals surface area (Å²) in [6, 6.07) is 10.3. The first-order valence-electron chi connectivity index (χ1n) is 5.58. The van der Waals surface area contributed by atoms with Crippen molar-refractivity contribution in [1.29, 1.82) is 0 Å². The van der Waals surface area contributed by atoms with Crippen LogP contribution in [0.4, 0.5) is 5.69 Å². The van der Waals surface area contributed by atoms with E-state index in [4.69, 9.17) is 9.84 Å². The summed E-state index contributed by atoms with van der Waals surface area (Å²) in [5.41, 5.74) is 0.877. The molecule has 0 unspecified atom stereocenters. The summed E-state index contributed by atoms with van der Waals surface area (Å²) in [5.74, 6) is -0.252. The minimum Gasteiger partial charge on any atom is -0.476 e. The average Bonchev–Trinajstić information content (AvgIpc) is 2.39. The SMILES string of the molecule is CN(C)c1cccc(Oc2ccc(C(=O)O)nn2)c1. The highest BCUT2D eigenvalue weighted by molar-refractivity contribution is 5.84. The number of hydrogen-bond acceptors (Lipinski definition) is 5. The molecule has 1 N–H and O–H groups in total. The van der Waals surface area contributed by atoms with Crippen LogP contribution in [0.2, 0.25) is 0 Å². The first kappa shape index (κ1) is 12.8. The number of rotatable bonds is 4. The highest BCUT2D eigenvalue weighted by Crippen LogP contribution is 2.23. The molecular weight excluding hydrogens is 246 g/mol. The van der Waals surface area contributed by atoms with Crippen molar-refractivity contribution in [3.63, 3.8) is 0 Å². The van der Waals surface area contributed by atoms with E-state index < -0.39 is 5.97 Å². The zero-order chi connectivity index (χ0) is 13.8. The van der Waals surface area contributed by atoms with E-state index in [1.807, 2.05) is 37.2 Å². The second-order valence-electron chi connectivity index (χ2n) is 4.06. The van der Waals surface area contributed by atoms with Crippen LogP contribution in [-0.4, -0.2) is 35.4 Å². The summed E-state index contributed by atoms with van der Waals surface area (Å²) < 4.78 is 5.51. The van der Waals surface area contributed by atoms with Crippen molar-refractivity contribution in [2.45, 2.75) is 0 Å². The molecule has 0 saturated carbocycles. The van der Waals surface area contributed by atoms with Gasteiger partial charge in [-0.2, -0.15) is 0 Å². The van der Waals surface area contributed by atoms with Gasteiger partial charge >= 0.3 is 5.97 Å². The van der Waals surface area contributed by atoms with E-state index in [9.17, 15) is 4.79 Å². The van der Waals surface area contributed by atoms with Gasteiger partial charge in [0.15, 0.2) is 5.69 Å². The van der Waals surface area contributed by atoms with E-state index in [2.05, 4.69) is 10.2 Å². The van der Waals surface area contributed by atoms with Crippen LogP contribution in [0.15, 0.2) is 36.4 Å². The lowest BCUT2D eigenvalue weighted by molar-refractivity contribution is 0.0689. The molecule has 0 spiro atoms. The van der Waals surface area contributed by atoms with Crippen molar-refractivity contribution in [2.75, 3.05) is 19.0 Å². The third-order valence-electron chi connectivity index (χ3n) is 2.42. The highest BCUT2D eigenvalue weighted by Gasteiger charge is 2.06. The lowest BCUT2D eigenvalue weighted by Gasteiger charge is -2.13. The van der Waals surface area contributed by atoms with Crippen molar-refractivity contribution >= 4 is 11.7 Å². The van der Waals surface area contributed by atoms with Crippen molar-refractivity contribution in [3.05, 3.63) is 42.1 Å². The highest BCUT2D eigenvalue weighted by atomic mass is 16.5. The molecule has 0 aliphatic heterocycles. The number of carboxylic acids is 1. The van der Waals surface area contributed by atoms with Crippen molar-refractivity contribution in [1.82, 2.24) is 10.2 Å². The predicted octanol–water partition coefficient (Wildman–Crippen LogP) is 2.03. The zero-order valence-corrected chi connectivity index (χ0v) is 10.6. The number of nitrogens with zero attached hydrogens (tertiary/aromatic N) is 3. The molecule has 19 heavy (non-hydrogen) atoms. The molecule has 2 rings (SSSR count). The summed E-state index contributed by atoms with van der Waals surface area (Å²) in [6.07, 6.45) is 0. The molecule has 0 radical (unpaired) electrons. The van der Waals surface area contributed by atoms with Gasteiger partial charge in [-0.3, -0.25) is 0 Å².